The second kappa shape index (κ2) is 6.20. The van der Waals surface area contributed by atoms with Crippen LogP contribution in [0.3, 0.4) is 0 Å². The molecule has 1 N–H and O–H groups in total. The second-order valence-corrected chi connectivity index (χ2v) is 6.80. The highest BCUT2D eigenvalue weighted by atomic mass is 32.2. The molecular formula is C16H19NO2S. The fraction of sp³-hybridized carbons (Fsp3) is 0.250. The van der Waals surface area contributed by atoms with Gasteiger partial charge in [-0.25, -0.2) is 13.1 Å². The van der Waals surface area contributed by atoms with Crippen LogP contribution in [-0.2, 0) is 22.3 Å². The van der Waals surface area contributed by atoms with Crippen molar-refractivity contribution in [1.82, 2.24) is 4.72 Å². The highest BCUT2D eigenvalue weighted by Gasteiger charge is 2.12. The lowest BCUT2D eigenvalue weighted by atomic mass is 10.1. The van der Waals surface area contributed by atoms with Gasteiger partial charge in [0.05, 0.1) is 5.75 Å². The highest BCUT2D eigenvalue weighted by Crippen LogP contribution is 2.11. The molecule has 0 bridgehead atoms. The van der Waals surface area contributed by atoms with Crippen LogP contribution in [0.2, 0.25) is 0 Å². The molecule has 4 heteroatoms. The average Bonchev–Trinajstić information content (AvgIpc) is 2.39. The van der Waals surface area contributed by atoms with Gasteiger partial charge in [0.2, 0.25) is 10.0 Å². The van der Waals surface area contributed by atoms with E-state index in [-0.39, 0.29) is 5.75 Å². The number of rotatable bonds is 5. The van der Waals surface area contributed by atoms with Crippen molar-refractivity contribution in [3.63, 3.8) is 0 Å². The van der Waals surface area contributed by atoms with Crippen molar-refractivity contribution in [3.05, 3.63) is 70.8 Å². The molecule has 2 aromatic carbocycles. The van der Waals surface area contributed by atoms with Crippen LogP contribution in [0.15, 0.2) is 48.5 Å². The van der Waals surface area contributed by atoms with E-state index < -0.39 is 10.0 Å². The van der Waals surface area contributed by atoms with Crippen LogP contribution >= 0.6 is 0 Å². The van der Waals surface area contributed by atoms with Gasteiger partial charge in [0.15, 0.2) is 0 Å². The molecule has 106 valence electrons. The summed E-state index contributed by atoms with van der Waals surface area (Å²) in [4.78, 5) is 0. The van der Waals surface area contributed by atoms with Crippen molar-refractivity contribution in [1.29, 1.82) is 0 Å². The summed E-state index contributed by atoms with van der Waals surface area (Å²) < 4.78 is 26.8. The summed E-state index contributed by atoms with van der Waals surface area (Å²) in [6, 6.07) is 15.4. The van der Waals surface area contributed by atoms with Crippen molar-refractivity contribution in [2.75, 3.05) is 0 Å². The van der Waals surface area contributed by atoms with E-state index in [9.17, 15) is 8.42 Å². The van der Waals surface area contributed by atoms with Gasteiger partial charge >= 0.3 is 0 Å². The van der Waals surface area contributed by atoms with E-state index in [0.717, 1.165) is 22.3 Å². The second-order valence-electron chi connectivity index (χ2n) is 5.00. The molecule has 0 unspecified atom stereocenters. The third-order valence-corrected chi connectivity index (χ3v) is 4.46. The number of hydrogen-bond acceptors (Lipinski definition) is 2. The summed E-state index contributed by atoms with van der Waals surface area (Å²) in [5.41, 5.74) is 3.93. The van der Waals surface area contributed by atoms with Crippen molar-refractivity contribution < 1.29 is 8.42 Å². The Morgan fingerprint density at radius 3 is 2.45 bits per heavy atom. The van der Waals surface area contributed by atoms with Crippen LogP contribution in [0, 0.1) is 13.8 Å². The summed E-state index contributed by atoms with van der Waals surface area (Å²) in [6.45, 7) is 4.24. The maximum absolute atomic E-state index is 12.1. The Balaban J connectivity index is 2.03. The van der Waals surface area contributed by atoms with Crippen molar-refractivity contribution in [2.24, 2.45) is 0 Å². The SMILES string of the molecule is Cc1cccc(CNS(=O)(=O)Cc2ccccc2C)c1. The first-order valence-electron chi connectivity index (χ1n) is 6.54. The molecule has 0 aromatic heterocycles. The van der Waals surface area contributed by atoms with Gasteiger partial charge in [-0.3, -0.25) is 0 Å². The summed E-state index contributed by atoms with van der Waals surface area (Å²) >= 11 is 0. The van der Waals surface area contributed by atoms with Gasteiger partial charge in [0.25, 0.3) is 0 Å². The lowest BCUT2D eigenvalue weighted by Crippen LogP contribution is -2.25. The first-order valence-corrected chi connectivity index (χ1v) is 8.19. The van der Waals surface area contributed by atoms with E-state index in [1.165, 1.54) is 0 Å². The quantitative estimate of drug-likeness (QED) is 0.920. The molecule has 0 aliphatic carbocycles. The lowest BCUT2D eigenvalue weighted by Gasteiger charge is -2.09. The standard InChI is InChI=1S/C16H19NO2S/c1-13-6-5-8-15(10-13)11-17-20(18,19)12-16-9-4-3-7-14(16)2/h3-10,17H,11-12H2,1-2H3. The Morgan fingerprint density at radius 1 is 1.00 bits per heavy atom. The van der Waals surface area contributed by atoms with Crippen LogP contribution in [0.1, 0.15) is 22.3 Å². The summed E-state index contributed by atoms with van der Waals surface area (Å²) in [5, 5.41) is 0. The third kappa shape index (κ3) is 4.18. The molecule has 0 aliphatic rings. The topological polar surface area (TPSA) is 46.2 Å². The minimum atomic E-state index is -3.32. The molecule has 0 saturated heterocycles. The monoisotopic (exact) mass is 289 g/mol. The Bertz CT molecular complexity index is 693. The van der Waals surface area contributed by atoms with Crippen molar-refractivity contribution >= 4 is 10.0 Å². The van der Waals surface area contributed by atoms with Crippen molar-refractivity contribution in [2.45, 2.75) is 26.1 Å². The zero-order chi connectivity index (χ0) is 14.6. The van der Waals surface area contributed by atoms with Gasteiger partial charge in [-0.2, -0.15) is 0 Å². The zero-order valence-corrected chi connectivity index (χ0v) is 12.6. The van der Waals surface area contributed by atoms with Crippen LogP contribution in [0.25, 0.3) is 0 Å². The zero-order valence-electron chi connectivity index (χ0n) is 11.8. The van der Waals surface area contributed by atoms with Crippen LogP contribution in [0.4, 0.5) is 0 Å². The molecule has 0 saturated carbocycles. The van der Waals surface area contributed by atoms with Gasteiger partial charge < -0.3 is 0 Å². The van der Waals surface area contributed by atoms with Gasteiger partial charge in [-0.1, -0.05) is 54.1 Å². The molecule has 3 nitrogen and oxygen atoms in total. The Kier molecular flexibility index (Phi) is 4.57. The number of benzene rings is 2. The molecule has 0 amide bonds. The van der Waals surface area contributed by atoms with E-state index in [1.807, 2.05) is 62.4 Å². The van der Waals surface area contributed by atoms with E-state index in [2.05, 4.69) is 4.72 Å². The van der Waals surface area contributed by atoms with E-state index in [4.69, 9.17) is 0 Å². The number of hydrogen-bond donors (Lipinski definition) is 1. The van der Waals surface area contributed by atoms with Crippen LogP contribution in [0.5, 0.6) is 0 Å². The number of nitrogens with one attached hydrogen (secondary N) is 1. The fourth-order valence-corrected chi connectivity index (χ4v) is 3.27. The summed E-state index contributed by atoms with van der Waals surface area (Å²) in [7, 11) is -3.32. The minimum absolute atomic E-state index is 0.0193. The smallest absolute Gasteiger partial charge is 0.212 e. The number of sulfonamides is 1. The summed E-state index contributed by atoms with van der Waals surface area (Å²) in [6.07, 6.45) is 0. The molecule has 0 aliphatic heterocycles. The highest BCUT2D eigenvalue weighted by molar-refractivity contribution is 7.88. The molecule has 2 aromatic rings. The van der Waals surface area contributed by atoms with E-state index >= 15 is 0 Å². The Hall–Kier alpha value is -1.65. The van der Waals surface area contributed by atoms with Gasteiger partial charge in [-0.05, 0) is 30.5 Å². The fourth-order valence-electron chi connectivity index (χ4n) is 2.04. The Labute approximate surface area is 120 Å². The maximum atomic E-state index is 12.1. The molecule has 0 heterocycles. The van der Waals surface area contributed by atoms with E-state index in [0.29, 0.717) is 6.54 Å². The van der Waals surface area contributed by atoms with Gasteiger partial charge in [-0.15, -0.1) is 0 Å². The normalized spacial score (nSPS) is 11.5. The first-order chi connectivity index (χ1) is 9.46. The molecule has 0 fully saturated rings. The third-order valence-electron chi connectivity index (χ3n) is 3.19. The molecule has 2 rings (SSSR count). The largest absolute Gasteiger partial charge is 0.216 e. The van der Waals surface area contributed by atoms with E-state index in [1.54, 1.807) is 0 Å². The van der Waals surface area contributed by atoms with Crippen LogP contribution < -0.4 is 4.72 Å². The van der Waals surface area contributed by atoms with Crippen LogP contribution in [-0.4, -0.2) is 8.42 Å². The first kappa shape index (κ1) is 14.8. The van der Waals surface area contributed by atoms with Gasteiger partial charge in [0, 0.05) is 6.54 Å². The molecule has 0 radical (unpaired) electrons. The lowest BCUT2D eigenvalue weighted by molar-refractivity contribution is 0.580. The predicted octanol–water partition coefficient (Wildman–Crippen LogP) is 2.92. The minimum Gasteiger partial charge on any atom is -0.212 e. The summed E-state index contributed by atoms with van der Waals surface area (Å²) in [5.74, 6) is 0.0193. The Morgan fingerprint density at radius 2 is 1.75 bits per heavy atom. The maximum Gasteiger partial charge on any atom is 0.216 e. The van der Waals surface area contributed by atoms with Gasteiger partial charge in [0.1, 0.15) is 0 Å². The molecule has 0 spiro atoms. The molecular weight excluding hydrogens is 270 g/mol. The predicted molar refractivity (Wildman–Crippen MR) is 81.8 cm³/mol. The number of aryl methyl sites for hydroxylation is 2. The van der Waals surface area contributed by atoms with Crippen molar-refractivity contribution in [3.8, 4) is 0 Å². The molecule has 0 atom stereocenters. The average molecular weight is 289 g/mol. The molecule has 20 heavy (non-hydrogen) atoms.